The lowest BCUT2D eigenvalue weighted by molar-refractivity contribution is 0.503. The summed E-state index contributed by atoms with van der Waals surface area (Å²) in [4.78, 5) is 0.206. The second-order valence-electron chi connectivity index (χ2n) is 3.48. The predicted molar refractivity (Wildman–Crippen MR) is 64.2 cm³/mol. The molecule has 1 aromatic carbocycles. The summed E-state index contributed by atoms with van der Waals surface area (Å²) in [6.07, 6.45) is 5.08. The van der Waals surface area contributed by atoms with Gasteiger partial charge in [-0.05, 0) is 30.7 Å². The minimum absolute atomic E-state index is 0.0474. The molecule has 0 saturated carbocycles. The van der Waals surface area contributed by atoms with Gasteiger partial charge >= 0.3 is 0 Å². The minimum Gasteiger partial charge on any atom is -0.399 e. The maximum atomic E-state index is 12.0. The molecule has 0 unspecified atom stereocenters. The van der Waals surface area contributed by atoms with Crippen molar-refractivity contribution in [2.24, 2.45) is 0 Å². The quantitative estimate of drug-likeness (QED) is 0.626. The number of aryl methyl sites for hydroxylation is 1. The predicted octanol–water partition coefficient (Wildman–Crippen LogP) is 0.831. The first-order chi connectivity index (χ1) is 7.39. The molecule has 0 heterocycles. The number of hydrogen-bond acceptors (Lipinski definition) is 3. The van der Waals surface area contributed by atoms with Gasteiger partial charge in [-0.25, -0.2) is 8.42 Å². The van der Waals surface area contributed by atoms with Crippen molar-refractivity contribution in [3.8, 4) is 12.3 Å². The van der Waals surface area contributed by atoms with Crippen LogP contribution in [0.15, 0.2) is 23.1 Å². The smallest absolute Gasteiger partial charge is 0.243 e. The topological polar surface area (TPSA) is 63.4 Å². The van der Waals surface area contributed by atoms with Crippen LogP contribution >= 0.6 is 0 Å². The molecule has 16 heavy (non-hydrogen) atoms. The van der Waals surface area contributed by atoms with Crippen molar-refractivity contribution in [3.05, 3.63) is 23.8 Å². The van der Waals surface area contributed by atoms with Gasteiger partial charge in [0.1, 0.15) is 0 Å². The van der Waals surface area contributed by atoms with Crippen LogP contribution in [0.5, 0.6) is 0 Å². The van der Waals surface area contributed by atoms with Crippen LogP contribution in [0.25, 0.3) is 0 Å². The zero-order chi connectivity index (χ0) is 12.3. The zero-order valence-corrected chi connectivity index (χ0v) is 10.1. The van der Waals surface area contributed by atoms with Crippen molar-refractivity contribution < 1.29 is 8.42 Å². The lowest BCUT2D eigenvalue weighted by atomic mass is 10.2. The van der Waals surface area contributed by atoms with Crippen LogP contribution < -0.4 is 5.73 Å². The summed E-state index contributed by atoms with van der Waals surface area (Å²) >= 11 is 0. The van der Waals surface area contributed by atoms with Gasteiger partial charge in [-0.2, -0.15) is 4.31 Å². The third-order valence-electron chi connectivity index (χ3n) is 2.26. The van der Waals surface area contributed by atoms with E-state index < -0.39 is 10.0 Å². The molecule has 86 valence electrons. The third-order valence-corrected chi connectivity index (χ3v) is 4.06. The van der Waals surface area contributed by atoms with Crippen molar-refractivity contribution in [1.29, 1.82) is 0 Å². The van der Waals surface area contributed by atoms with Crippen molar-refractivity contribution in [1.82, 2.24) is 4.31 Å². The van der Waals surface area contributed by atoms with Crippen molar-refractivity contribution in [3.63, 3.8) is 0 Å². The first-order valence-corrected chi connectivity index (χ1v) is 6.09. The van der Waals surface area contributed by atoms with Crippen LogP contribution in [0.1, 0.15) is 5.56 Å². The second-order valence-corrected chi connectivity index (χ2v) is 5.53. The van der Waals surface area contributed by atoms with Crippen LogP contribution in [-0.2, 0) is 10.0 Å². The Labute approximate surface area is 96.1 Å². The Morgan fingerprint density at radius 1 is 1.50 bits per heavy atom. The van der Waals surface area contributed by atoms with Crippen LogP contribution in [0.2, 0.25) is 0 Å². The Morgan fingerprint density at radius 3 is 2.62 bits per heavy atom. The number of nitrogens with two attached hydrogens (primary N) is 1. The Balaban J connectivity index is 3.18. The number of nitrogens with zero attached hydrogens (tertiary/aromatic N) is 1. The summed E-state index contributed by atoms with van der Waals surface area (Å²) in [7, 11) is -2.06. The van der Waals surface area contributed by atoms with E-state index in [2.05, 4.69) is 5.92 Å². The van der Waals surface area contributed by atoms with E-state index in [0.717, 1.165) is 9.87 Å². The summed E-state index contributed by atoms with van der Waals surface area (Å²) < 4.78 is 25.1. The van der Waals surface area contributed by atoms with Gasteiger partial charge in [0.25, 0.3) is 0 Å². The van der Waals surface area contributed by atoms with Crippen LogP contribution in [0.3, 0.4) is 0 Å². The van der Waals surface area contributed by atoms with E-state index in [1.54, 1.807) is 13.0 Å². The third kappa shape index (κ3) is 2.35. The SMILES string of the molecule is C#CCN(C)S(=O)(=O)c1ccc(N)c(C)c1. The molecule has 0 fully saturated rings. The van der Waals surface area contributed by atoms with Gasteiger partial charge in [-0.3, -0.25) is 0 Å². The number of anilines is 1. The average molecular weight is 238 g/mol. The van der Waals surface area contributed by atoms with E-state index >= 15 is 0 Å². The molecular formula is C11H14N2O2S. The summed E-state index contributed by atoms with van der Waals surface area (Å²) in [6.45, 7) is 1.81. The van der Waals surface area contributed by atoms with E-state index in [0.29, 0.717) is 5.69 Å². The van der Waals surface area contributed by atoms with Crippen molar-refractivity contribution >= 4 is 15.7 Å². The van der Waals surface area contributed by atoms with E-state index in [1.807, 2.05) is 0 Å². The summed E-state index contributed by atoms with van der Waals surface area (Å²) in [5.41, 5.74) is 6.93. The molecule has 0 radical (unpaired) electrons. The number of benzene rings is 1. The van der Waals surface area contributed by atoms with E-state index in [1.165, 1.54) is 19.2 Å². The van der Waals surface area contributed by atoms with Gasteiger partial charge < -0.3 is 5.73 Å². The fourth-order valence-electron chi connectivity index (χ4n) is 1.20. The monoisotopic (exact) mass is 238 g/mol. The van der Waals surface area contributed by atoms with Gasteiger partial charge in [0.05, 0.1) is 11.4 Å². The standard InChI is InChI=1S/C11H14N2O2S/c1-4-7-13(3)16(14,15)10-5-6-11(12)9(2)8-10/h1,5-6,8H,7,12H2,2-3H3. The highest BCUT2D eigenvalue weighted by Gasteiger charge is 2.20. The van der Waals surface area contributed by atoms with E-state index in [9.17, 15) is 8.42 Å². The lowest BCUT2D eigenvalue weighted by Crippen LogP contribution is -2.27. The van der Waals surface area contributed by atoms with Crippen LogP contribution in [-0.4, -0.2) is 26.3 Å². The van der Waals surface area contributed by atoms with Crippen LogP contribution in [0.4, 0.5) is 5.69 Å². The second kappa shape index (κ2) is 4.56. The maximum Gasteiger partial charge on any atom is 0.243 e. The fourth-order valence-corrected chi connectivity index (χ4v) is 2.37. The Morgan fingerprint density at radius 2 is 2.12 bits per heavy atom. The molecule has 2 N–H and O–H groups in total. The largest absolute Gasteiger partial charge is 0.399 e. The normalized spacial score (nSPS) is 11.4. The molecule has 0 spiro atoms. The van der Waals surface area contributed by atoms with Crippen LogP contribution in [0, 0.1) is 19.3 Å². The van der Waals surface area contributed by atoms with Gasteiger partial charge in [0, 0.05) is 12.7 Å². The highest BCUT2D eigenvalue weighted by molar-refractivity contribution is 7.89. The number of nitrogen functional groups attached to an aromatic ring is 1. The molecule has 0 saturated heterocycles. The highest BCUT2D eigenvalue weighted by Crippen LogP contribution is 2.19. The Kier molecular flexibility index (Phi) is 3.58. The zero-order valence-electron chi connectivity index (χ0n) is 9.27. The average Bonchev–Trinajstić information content (AvgIpc) is 2.22. The first-order valence-electron chi connectivity index (χ1n) is 4.65. The molecule has 4 nitrogen and oxygen atoms in total. The Bertz CT molecular complexity index is 529. The van der Waals surface area contributed by atoms with Gasteiger partial charge in [0.15, 0.2) is 0 Å². The number of rotatable bonds is 3. The van der Waals surface area contributed by atoms with Gasteiger partial charge in [0.2, 0.25) is 10.0 Å². The molecule has 0 aromatic heterocycles. The highest BCUT2D eigenvalue weighted by atomic mass is 32.2. The molecule has 1 aromatic rings. The van der Waals surface area contributed by atoms with Gasteiger partial charge in [-0.1, -0.05) is 5.92 Å². The molecule has 1 rings (SSSR count). The number of terminal acetylenes is 1. The van der Waals surface area contributed by atoms with Crippen molar-refractivity contribution in [2.75, 3.05) is 19.3 Å². The minimum atomic E-state index is -3.51. The fraction of sp³-hybridized carbons (Fsp3) is 0.273. The summed E-state index contributed by atoms with van der Waals surface area (Å²) in [6, 6.07) is 4.59. The van der Waals surface area contributed by atoms with Gasteiger partial charge in [-0.15, -0.1) is 6.42 Å². The molecule has 0 aliphatic rings. The molecule has 0 amide bonds. The van der Waals surface area contributed by atoms with E-state index in [4.69, 9.17) is 12.2 Å². The van der Waals surface area contributed by atoms with E-state index in [-0.39, 0.29) is 11.4 Å². The maximum absolute atomic E-state index is 12.0. The number of hydrogen-bond donors (Lipinski definition) is 1. The molecular weight excluding hydrogens is 224 g/mol. The molecule has 0 atom stereocenters. The van der Waals surface area contributed by atoms with Crippen molar-refractivity contribution in [2.45, 2.75) is 11.8 Å². The summed E-state index contributed by atoms with van der Waals surface area (Å²) in [5.74, 6) is 2.29. The molecule has 5 heteroatoms. The number of sulfonamides is 1. The lowest BCUT2D eigenvalue weighted by Gasteiger charge is -2.14. The Hall–Kier alpha value is -1.51. The molecule has 0 aliphatic heterocycles. The first kappa shape index (κ1) is 12.6. The molecule has 0 aliphatic carbocycles. The summed E-state index contributed by atoms with van der Waals surface area (Å²) in [5, 5.41) is 0. The molecule has 0 bridgehead atoms.